The number of pyridine rings is 1. The van der Waals surface area contributed by atoms with Gasteiger partial charge in [-0.3, -0.25) is 4.79 Å². The molecular formula is C17H18N6OS. The summed E-state index contributed by atoms with van der Waals surface area (Å²) in [7, 11) is 0. The Morgan fingerprint density at radius 1 is 1.12 bits per heavy atom. The van der Waals surface area contributed by atoms with E-state index in [2.05, 4.69) is 24.4 Å². The molecule has 7 nitrogen and oxygen atoms in total. The minimum absolute atomic E-state index is 0.0363. The van der Waals surface area contributed by atoms with Crippen LogP contribution in [0.2, 0.25) is 0 Å². The summed E-state index contributed by atoms with van der Waals surface area (Å²) in [4.78, 5) is 30.2. The monoisotopic (exact) mass is 354 g/mol. The molecule has 0 bridgehead atoms. The highest BCUT2D eigenvalue weighted by Crippen LogP contribution is 2.36. The molecule has 2 fully saturated rings. The summed E-state index contributed by atoms with van der Waals surface area (Å²) in [6.07, 6.45) is 7.74. The topological polar surface area (TPSA) is 67.2 Å². The first-order chi connectivity index (χ1) is 12.3. The highest BCUT2D eigenvalue weighted by atomic mass is 32.1. The Bertz CT molecular complexity index is 909. The predicted octanol–water partition coefficient (Wildman–Crippen LogP) is 2.19. The first-order valence-corrected chi connectivity index (χ1v) is 9.44. The number of hydrogen-bond acceptors (Lipinski definition) is 6. The average Bonchev–Trinajstić information content (AvgIpc) is 3.19. The summed E-state index contributed by atoms with van der Waals surface area (Å²) in [5.74, 6) is 0.0363. The molecule has 0 radical (unpaired) electrons. The minimum Gasteiger partial charge on any atom is -0.345 e. The SMILES string of the molecule is O=C(c1cnc2c(c1)ncn2C1CC1)N1CCN(c2nccs2)CC1. The molecule has 1 aliphatic carbocycles. The number of imidazole rings is 1. The number of piperazine rings is 1. The summed E-state index contributed by atoms with van der Waals surface area (Å²) in [5, 5.41) is 3.01. The second-order valence-corrected chi connectivity index (χ2v) is 7.42. The normalized spacial score (nSPS) is 18.1. The van der Waals surface area contributed by atoms with Crippen LogP contribution in [-0.4, -0.2) is 56.5 Å². The molecule has 0 N–H and O–H groups in total. The highest BCUT2D eigenvalue weighted by molar-refractivity contribution is 7.13. The number of fused-ring (bicyclic) bond motifs is 1. The van der Waals surface area contributed by atoms with Gasteiger partial charge in [-0.2, -0.15) is 0 Å². The molecule has 0 spiro atoms. The third-order valence-corrected chi connectivity index (χ3v) is 5.69. The number of amides is 1. The number of hydrogen-bond donors (Lipinski definition) is 0. The third-order valence-electron chi connectivity index (χ3n) is 4.86. The Balaban J connectivity index is 1.32. The van der Waals surface area contributed by atoms with Gasteiger partial charge in [0.05, 0.1) is 11.9 Å². The van der Waals surface area contributed by atoms with Gasteiger partial charge in [0, 0.05) is 50.0 Å². The lowest BCUT2D eigenvalue weighted by Gasteiger charge is -2.34. The predicted molar refractivity (Wildman–Crippen MR) is 96.0 cm³/mol. The fourth-order valence-electron chi connectivity index (χ4n) is 3.31. The largest absolute Gasteiger partial charge is 0.345 e. The molecule has 1 saturated heterocycles. The molecule has 0 unspecified atom stereocenters. The van der Waals surface area contributed by atoms with Crippen LogP contribution >= 0.6 is 11.3 Å². The Labute approximate surface area is 148 Å². The van der Waals surface area contributed by atoms with Gasteiger partial charge in [-0.15, -0.1) is 11.3 Å². The molecule has 2 aliphatic rings. The second-order valence-electron chi connectivity index (χ2n) is 6.54. The van der Waals surface area contributed by atoms with Crippen molar-refractivity contribution in [1.82, 2.24) is 24.4 Å². The fraction of sp³-hybridized carbons (Fsp3) is 0.412. The van der Waals surface area contributed by atoms with Gasteiger partial charge in [-0.05, 0) is 18.9 Å². The van der Waals surface area contributed by atoms with Crippen LogP contribution in [0, 0.1) is 0 Å². The molecule has 3 aromatic rings. The van der Waals surface area contributed by atoms with E-state index in [0.717, 1.165) is 29.4 Å². The smallest absolute Gasteiger partial charge is 0.255 e. The van der Waals surface area contributed by atoms with Crippen molar-refractivity contribution in [3.05, 3.63) is 35.7 Å². The third kappa shape index (κ3) is 2.66. The van der Waals surface area contributed by atoms with Crippen LogP contribution in [0.1, 0.15) is 29.2 Å². The Morgan fingerprint density at radius 2 is 1.96 bits per heavy atom. The van der Waals surface area contributed by atoms with Gasteiger partial charge in [0.1, 0.15) is 5.52 Å². The summed E-state index contributed by atoms with van der Waals surface area (Å²) >= 11 is 1.64. The standard InChI is InChI=1S/C17H18N6OS/c24-16(21-4-6-22(7-5-21)17-18-3-8-25-17)12-9-14-15(19-10-12)23(11-20-14)13-1-2-13/h3,8-11,13H,1-2,4-7H2. The van der Waals surface area contributed by atoms with Crippen LogP contribution in [0.15, 0.2) is 30.2 Å². The Morgan fingerprint density at radius 3 is 2.68 bits per heavy atom. The lowest BCUT2D eigenvalue weighted by atomic mass is 10.2. The lowest BCUT2D eigenvalue weighted by Crippen LogP contribution is -2.48. The van der Waals surface area contributed by atoms with Crippen LogP contribution < -0.4 is 4.90 Å². The van der Waals surface area contributed by atoms with Crippen molar-refractivity contribution in [2.75, 3.05) is 31.1 Å². The number of carbonyl (C=O) groups is 1. The zero-order valence-electron chi connectivity index (χ0n) is 13.7. The number of nitrogens with zero attached hydrogens (tertiary/aromatic N) is 6. The quantitative estimate of drug-likeness (QED) is 0.721. The molecule has 1 saturated carbocycles. The van der Waals surface area contributed by atoms with Crippen LogP contribution in [0.3, 0.4) is 0 Å². The number of carbonyl (C=O) groups excluding carboxylic acids is 1. The summed E-state index contributed by atoms with van der Waals surface area (Å²) in [5.41, 5.74) is 2.31. The molecule has 25 heavy (non-hydrogen) atoms. The van der Waals surface area contributed by atoms with Gasteiger partial charge < -0.3 is 14.4 Å². The number of thiazole rings is 1. The van der Waals surface area contributed by atoms with Crippen molar-refractivity contribution in [2.45, 2.75) is 18.9 Å². The Kier molecular flexibility index (Phi) is 3.44. The van der Waals surface area contributed by atoms with E-state index in [9.17, 15) is 4.79 Å². The second kappa shape index (κ2) is 5.80. The van der Waals surface area contributed by atoms with Gasteiger partial charge in [-0.25, -0.2) is 15.0 Å². The van der Waals surface area contributed by atoms with E-state index in [4.69, 9.17) is 0 Å². The summed E-state index contributed by atoms with van der Waals surface area (Å²) in [6, 6.07) is 2.41. The van der Waals surface area contributed by atoms with Crippen LogP contribution in [0.25, 0.3) is 11.2 Å². The fourth-order valence-corrected chi connectivity index (χ4v) is 4.01. The van der Waals surface area contributed by atoms with Crippen molar-refractivity contribution in [2.24, 2.45) is 0 Å². The van der Waals surface area contributed by atoms with Gasteiger partial charge >= 0.3 is 0 Å². The first-order valence-electron chi connectivity index (χ1n) is 8.56. The molecule has 8 heteroatoms. The zero-order valence-corrected chi connectivity index (χ0v) is 14.5. The van der Waals surface area contributed by atoms with E-state index < -0.39 is 0 Å². The molecule has 3 aromatic heterocycles. The van der Waals surface area contributed by atoms with Gasteiger partial charge in [0.2, 0.25) is 0 Å². The molecule has 0 atom stereocenters. The van der Waals surface area contributed by atoms with Crippen LogP contribution in [0.5, 0.6) is 0 Å². The molecule has 0 aromatic carbocycles. The van der Waals surface area contributed by atoms with Crippen molar-refractivity contribution >= 4 is 33.5 Å². The van der Waals surface area contributed by atoms with E-state index >= 15 is 0 Å². The van der Waals surface area contributed by atoms with Crippen molar-refractivity contribution in [1.29, 1.82) is 0 Å². The van der Waals surface area contributed by atoms with Crippen molar-refractivity contribution in [3.63, 3.8) is 0 Å². The van der Waals surface area contributed by atoms with Crippen molar-refractivity contribution < 1.29 is 4.79 Å². The number of aromatic nitrogens is 4. The number of anilines is 1. The Hall–Kier alpha value is -2.48. The van der Waals surface area contributed by atoms with E-state index in [-0.39, 0.29) is 5.91 Å². The molecule has 1 amide bonds. The van der Waals surface area contributed by atoms with Crippen LogP contribution in [-0.2, 0) is 0 Å². The van der Waals surface area contributed by atoms with Gasteiger partial charge in [0.25, 0.3) is 5.91 Å². The maximum Gasteiger partial charge on any atom is 0.255 e. The maximum atomic E-state index is 12.8. The summed E-state index contributed by atoms with van der Waals surface area (Å²) < 4.78 is 2.12. The lowest BCUT2D eigenvalue weighted by molar-refractivity contribution is 0.0746. The van der Waals surface area contributed by atoms with Crippen molar-refractivity contribution in [3.8, 4) is 0 Å². The minimum atomic E-state index is 0.0363. The van der Waals surface area contributed by atoms with E-state index in [1.807, 2.05) is 28.9 Å². The van der Waals surface area contributed by atoms with E-state index in [1.165, 1.54) is 12.8 Å². The molecule has 4 heterocycles. The van der Waals surface area contributed by atoms with Crippen LogP contribution in [0.4, 0.5) is 5.13 Å². The molecule has 5 rings (SSSR count). The van der Waals surface area contributed by atoms with Gasteiger partial charge in [0.15, 0.2) is 10.8 Å². The molecular weight excluding hydrogens is 336 g/mol. The first kappa shape index (κ1) is 14.8. The maximum absolute atomic E-state index is 12.8. The average molecular weight is 354 g/mol. The van der Waals surface area contributed by atoms with E-state index in [0.29, 0.717) is 24.7 Å². The summed E-state index contributed by atoms with van der Waals surface area (Å²) in [6.45, 7) is 3.02. The van der Waals surface area contributed by atoms with Gasteiger partial charge in [-0.1, -0.05) is 0 Å². The van der Waals surface area contributed by atoms with E-state index in [1.54, 1.807) is 17.5 Å². The molecule has 1 aliphatic heterocycles. The highest BCUT2D eigenvalue weighted by Gasteiger charge is 2.27. The molecule has 128 valence electrons. The number of rotatable bonds is 3. The zero-order chi connectivity index (χ0) is 16.8.